The number of Topliss-reactive ketones (excluding diaryl/α,β-unsaturated/α-hetero) is 1. The van der Waals surface area contributed by atoms with Crippen molar-refractivity contribution in [3.63, 3.8) is 0 Å². The lowest BCUT2D eigenvalue weighted by molar-refractivity contribution is -0.538. The molecule has 1 aliphatic rings. The molecule has 0 aromatic carbocycles. The predicted octanol–water partition coefficient (Wildman–Crippen LogP) is 18.9. The third kappa shape index (κ3) is 42.6. The van der Waals surface area contributed by atoms with Gasteiger partial charge in [0.2, 0.25) is 0 Å². The van der Waals surface area contributed by atoms with Crippen LogP contribution in [0.2, 0.25) is 0 Å². The van der Waals surface area contributed by atoms with Crippen molar-refractivity contribution in [1.82, 2.24) is 9.55 Å². The molecule has 78 heavy (non-hydrogen) atoms. The standard InChI is InChI=1S/C66H119N4O8/c1-5-8-11-14-17-20-23-25-27-29-31-33-36-39-42-47-60(71)56-74-57-62(58-75-65-63(78-65)50-44-41-38-35-32-30-28-26-24-21-18-15-12-9-6-2)76-64(72)51-45-49-61(48-43-40-37-34-22-19-16-13-10-7-3)77-66(73)70(67)54-46-53-69-55-52-68-59(69)4/h18,21,25,27,52,55,61-63,65,67H,5-17,19-20,22-24,26,28-51,53-54,56-58H2,1-4H3/q+1/b21-18-,27-25-,70-67?/t61?,62?,63-,65?/m0/s1. The van der Waals surface area contributed by atoms with E-state index in [2.05, 4.69) is 50.1 Å². The Morgan fingerprint density at radius 2 is 1.08 bits per heavy atom. The van der Waals surface area contributed by atoms with Gasteiger partial charge in [0.1, 0.15) is 30.7 Å². The Morgan fingerprint density at radius 1 is 0.590 bits per heavy atom. The summed E-state index contributed by atoms with van der Waals surface area (Å²) in [5.74, 6) is 0.582. The van der Waals surface area contributed by atoms with Crippen LogP contribution in [-0.2, 0) is 39.8 Å². The third-order valence-electron chi connectivity index (χ3n) is 15.3. The Morgan fingerprint density at radius 3 is 1.63 bits per heavy atom. The van der Waals surface area contributed by atoms with Gasteiger partial charge in [0, 0.05) is 38.2 Å². The maximum atomic E-state index is 13.4. The molecule has 0 aliphatic carbocycles. The van der Waals surface area contributed by atoms with Crippen LogP contribution in [0.15, 0.2) is 36.7 Å². The smallest absolute Gasteiger partial charge is 0.457 e. The minimum Gasteiger partial charge on any atom is -0.457 e. The van der Waals surface area contributed by atoms with Gasteiger partial charge < -0.3 is 28.3 Å². The minimum atomic E-state index is -0.680. The molecule has 1 aliphatic heterocycles. The van der Waals surface area contributed by atoms with Crippen molar-refractivity contribution >= 4 is 17.8 Å². The number of amides is 1. The zero-order chi connectivity index (χ0) is 56.2. The summed E-state index contributed by atoms with van der Waals surface area (Å²) in [4.78, 5) is 43.7. The zero-order valence-electron chi connectivity index (χ0n) is 50.8. The van der Waals surface area contributed by atoms with Gasteiger partial charge in [-0.2, -0.15) is 4.79 Å². The van der Waals surface area contributed by atoms with Gasteiger partial charge in [0.15, 0.2) is 18.6 Å². The molecule has 1 aromatic heterocycles. The van der Waals surface area contributed by atoms with Crippen LogP contribution >= 0.6 is 0 Å². The number of nitrogens with one attached hydrogen (secondary N) is 1. The Hall–Kier alpha value is -3.22. The van der Waals surface area contributed by atoms with E-state index in [1.54, 1.807) is 6.20 Å². The number of carbonyl (C=O) groups is 3. The second kappa shape index (κ2) is 51.9. The predicted molar refractivity (Wildman–Crippen MR) is 319 cm³/mol. The highest BCUT2D eigenvalue weighted by Gasteiger charge is 2.40. The number of aromatic nitrogens is 2. The first-order valence-corrected chi connectivity index (χ1v) is 32.8. The van der Waals surface area contributed by atoms with Gasteiger partial charge >= 0.3 is 12.1 Å². The van der Waals surface area contributed by atoms with E-state index < -0.39 is 18.3 Å². The van der Waals surface area contributed by atoms with Crippen LogP contribution in [0, 0.1) is 12.5 Å². The molecule has 1 N–H and O–H groups in total. The number of hydrogen-bond acceptors (Lipinski definition) is 10. The fourth-order valence-corrected chi connectivity index (χ4v) is 10.2. The van der Waals surface area contributed by atoms with Crippen LogP contribution in [0.25, 0.3) is 0 Å². The molecule has 1 fully saturated rings. The molecule has 1 aromatic rings. The van der Waals surface area contributed by atoms with Crippen LogP contribution in [0.5, 0.6) is 0 Å². The number of unbranched alkanes of at least 4 members (excludes halogenated alkanes) is 31. The average Bonchev–Trinajstić information content (AvgIpc) is 4.07. The lowest BCUT2D eigenvalue weighted by atomic mass is 10.0. The van der Waals surface area contributed by atoms with Gasteiger partial charge in [-0.1, -0.05) is 212 Å². The molecular weight excluding hydrogens is 977 g/mol. The number of allylic oxidation sites excluding steroid dienone is 4. The molecule has 0 bridgehead atoms. The second-order valence-electron chi connectivity index (χ2n) is 22.8. The molecule has 1 saturated heterocycles. The molecule has 4 atom stereocenters. The van der Waals surface area contributed by atoms with Crippen LogP contribution in [0.1, 0.15) is 303 Å². The summed E-state index contributed by atoms with van der Waals surface area (Å²) < 4.78 is 32.7. The zero-order valence-corrected chi connectivity index (χ0v) is 50.8. The number of rotatable bonds is 58. The summed E-state index contributed by atoms with van der Waals surface area (Å²) in [5, 5.41) is 0. The van der Waals surface area contributed by atoms with Crippen molar-refractivity contribution in [2.45, 2.75) is 335 Å². The van der Waals surface area contributed by atoms with E-state index in [0.29, 0.717) is 38.6 Å². The second-order valence-corrected chi connectivity index (χ2v) is 22.8. The molecule has 1 amide bonds. The highest BCUT2D eigenvalue weighted by atomic mass is 16.8. The number of hydrogen-bond donors (Lipinski definition) is 1. The Labute approximate surface area is 477 Å². The summed E-state index contributed by atoms with van der Waals surface area (Å²) in [5.41, 5.74) is 8.41. The van der Waals surface area contributed by atoms with E-state index in [1.807, 2.05) is 17.7 Å². The number of aryl methyl sites for hydroxylation is 2. The first-order valence-electron chi connectivity index (χ1n) is 32.8. The lowest BCUT2D eigenvalue weighted by Gasteiger charge is -2.19. The van der Waals surface area contributed by atoms with Crippen LogP contribution in [0.4, 0.5) is 4.79 Å². The maximum Gasteiger partial charge on any atom is 0.622 e. The van der Waals surface area contributed by atoms with Crippen molar-refractivity contribution in [2.24, 2.45) is 0 Å². The van der Waals surface area contributed by atoms with Gasteiger partial charge in [-0.25, -0.2) is 4.98 Å². The van der Waals surface area contributed by atoms with Gasteiger partial charge in [-0.15, -0.1) is 0 Å². The number of ketones is 1. The first kappa shape index (κ1) is 70.9. The molecular formula is C66H119N4O8+. The molecule has 3 unspecified atom stereocenters. The van der Waals surface area contributed by atoms with Gasteiger partial charge in [0.25, 0.3) is 0 Å². The van der Waals surface area contributed by atoms with Gasteiger partial charge in [0.05, 0.1) is 13.2 Å². The number of epoxide rings is 1. The molecule has 0 saturated carbocycles. The minimum absolute atomic E-state index is 0.0151. The van der Waals surface area contributed by atoms with Crippen molar-refractivity contribution in [3.05, 3.63) is 42.5 Å². The number of ether oxygens (including phenoxy) is 5. The molecule has 2 heterocycles. The van der Waals surface area contributed by atoms with Crippen molar-refractivity contribution in [3.8, 4) is 0 Å². The Kier molecular flexibility index (Phi) is 47.2. The quantitative estimate of drug-likeness (QED) is 0.0168. The SMILES string of the molecule is CCCCC/C=C\CCCCCCCCCC[C@@H]1OC1OCC(COCC(=O)CCCCCCC/C=C\CCCCCCCC)OC(=O)CCCC(CCCCCCCCCCCC)OC(=O)[N+](=N)CCCn1ccnc1C. The Balaban J connectivity index is 1.81. The van der Waals surface area contributed by atoms with E-state index in [-0.39, 0.29) is 56.9 Å². The summed E-state index contributed by atoms with van der Waals surface area (Å²) in [6, 6.07) is 0. The molecule has 0 spiro atoms. The normalized spacial score (nSPS) is 15.1. The lowest BCUT2D eigenvalue weighted by Crippen LogP contribution is -2.30. The van der Waals surface area contributed by atoms with E-state index in [9.17, 15) is 14.4 Å². The van der Waals surface area contributed by atoms with E-state index in [1.165, 1.54) is 180 Å². The van der Waals surface area contributed by atoms with Crippen molar-refractivity contribution < 1.29 is 42.8 Å². The van der Waals surface area contributed by atoms with Crippen LogP contribution in [0.3, 0.4) is 0 Å². The van der Waals surface area contributed by atoms with Gasteiger partial charge in [-0.05, 0) is 107 Å². The number of nitrogens with zero attached hydrogens (tertiary/aromatic N) is 3. The van der Waals surface area contributed by atoms with E-state index in [4.69, 9.17) is 29.2 Å². The molecule has 12 heteroatoms. The summed E-state index contributed by atoms with van der Waals surface area (Å²) >= 11 is 0. The van der Waals surface area contributed by atoms with E-state index >= 15 is 0 Å². The van der Waals surface area contributed by atoms with Crippen molar-refractivity contribution in [2.75, 3.05) is 26.4 Å². The number of carbonyl (C=O) groups excluding carboxylic acids is 3. The highest BCUT2D eigenvalue weighted by Crippen LogP contribution is 2.29. The average molecular weight is 1100 g/mol. The topological polar surface area (TPSA) is 145 Å². The molecule has 450 valence electrons. The fourth-order valence-electron chi connectivity index (χ4n) is 10.2. The first-order chi connectivity index (χ1) is 38.3. The number of imidazole rings is 1. The summed E-state index contributed by atoms with van der Waals surface area (Å²) in [6.45, 7) is 9.79. The van der Waals surface area contributed by atoms with Crippen molar-refractivity contribution in [1.29, 1.82) is 5.53 Å². The molecule has 0 radical (unpaired) electrons. The largest absolute Gasteiger partial charge is 0.622 e. The molecule has 2 rings (SSSR count). The van der Waals surface area contributed by atoms with Gasteiger partial charge in [-0.3, -0.25) is 9.59 Å². The molecule has 12 nitrogen and oxygen atoms in total. The maximum absolute atomic E-state index is 13.4. The van der Waals surface area contributed by atoms with Crippen LogP contribution in [-0.4, -0.2) is 83.1 Å². The summed E-state index contributed by atoms with van der Waals surface area (Å²) in [7, 11) is 0. The summed E-state index contributed by atoms with van der Waals surface area (Å²) in [6.07, 6.45) is 59.3. The highest BCUT2D eigenvalue weighted by molar-refractivity contribution is 5.79. The van der Waals surface area contributed by atoms with Crippen LogP contribution < -0.4 is 0 Å². The monoisotopic (exact) mass is 1100 g/mol. The number of esters is 1. The fraction of sp³-hybridized carbons (Fsp3) is 0.848. The Bertz CT molecular complexity index is 1650. The third-order valence-corrected chi connectivity index (χ3v) is 15.3. The van der Waals surface area contributed by atoms with E-state index in [0.717, 1.165) is 68.3 Å².